The van der Waals surface area contributed by atoms with Gasteiger partial charge in [-0.2, -0.15) is 0 Å². The molecule has 0 radical (unpaired) electrons. The van der Waals surface area contributed by atoms with Crippen molar-refractivity contribution in [2.45, 2.75) is 40.5 Å². The second-order valence-electron chi connectivity index (χ2n) is 5.99. The molecule has 0 saturated heterocycles. The molecule has 0 aromatic heterocycles. The van der Waals surface area contributed by atoms with Gasteiger partial charge in [0.2, 0.25) is 0 Å². The van der Waals surface area contributed by atoms with Gasteiger partial charge in [-0.15, -0.1) is 0 Å². The second kappa shape index (κ2) is 7.56. The lowest BCUT2D eigenvalue weighted by atomic mass is 9.92. The largest absolute Gasteiger partial charge is 0.466 e. The van der Waals surface area contributed by atoms with Gasteiger partial charge in [0, 0.05) is 6.42 Å². The molecule has 0 heterocycles. The summed E-state index contributed by atoms with van der Waals surface area (Å²) in [6.07, 6.45) is 0.410. The van der Waals surface area contributed by atoms with Crippen LogP contribution < -0.4 is 0 Å². The van der Waals surface area contributed by atoms with Gasteiger partial charge in [-0.1, -0.05) is 0 Å². The molecular weight excluding hydrogens is 310 g/mol. The van der Waals surface area contributed by atoms with Crippen LogP contribution >= 0.6 is 0 Å². The van der Waals surface area contributed by atoms with E-state index in [9.17, 15) is 13.6 Å². The molecule has 0 atom stereocenters. The minimum atomic E-state index is -0.339. The van der Waals surface area contributed by atoms with E-state index >= 15 is 0 Å². The van der Waals surface area contributed by atoms with Crippen LogP contribution in [0.25, 0.3) is 11.1 Å². The number of aryl methyl sites for hydroxylation is 4. The summed E-state index contributed by atoms with van der Waals surface area (Å²) in [6.45, 7) is 7.42. The summed E-state index contributed by atoms with van der Waals surface area (Å²) >= 11 is 0. The zero-order valence-electron chi connectivity index (χ0n) is 14.5. The molecule has 0 amide bonds. The first-order chi connectivity index (χ1) is 11.3. The summed E-state index contributed by atoms with van der Waals surface area (Å²) in [6, 6.07) is 6.45. The summed E-state index contributed by atoms with van der Waals surface area (Å²) in [5, 5.41) is 0. The third-order valence-corrected chi connectivity index (χ3v) is 4.02. The van der Waals surface area contributed by atoms with Crippen LogP contribution in [0, 0.1) is 32.4 Å². The topological polar surface area (TPSA) is 26.3 Å². The van der Waals surface area contributed by atoms with E-state index in [2.05, 4.69) is 0 Å². The van der Waals surface area contributed by atoms with Crippen molar-refractivity contribution in [1.82, 2.24) is 0 Å². The fraction of sp³-hybridized carbons (Fsp3) is 0.350. The normalized spacial score (nSPS) is 10.8. The monoisotopic (exact) mass is 332 g/mol. The lowest BCUT2D eigenvalue weighted by Crippen LogP contribution is -2.06. The van der Waals surface area contributed by atoms with E-state index in [1.165, 1.54) is 12.1 Å². The number of hydrogen-bond acceptors (Lipinski definition) is 2. The number of halogens is 2. The third kappa shape index (κ3) is 3.99. The highest BCUT2D eigenvalue weighted by Gasteiger charge is 2.14. The lowest BCUT2D eigenvalue weighted by Gasteiger charge is -2.14. The molecule has 0 saturated carbocycles. The predicted molar refractivity (Wildman–Crippen MR) is 91.0 cm³/mol. The van der Waals surface area contributed by atoms with E-state index in [-0.39, 0.29) is 30.4 Å². The molecule has 0 unspecified atom stereocenters. The van der Waals surface area contributed by atoms with E-state index in [1.54, 1.807) is 26.0 Å². The minimum absolute atomic E-state index is 0.134. The maximum atomic E-state index is 14.4. The van der Waals surface area contributed by atoms with Crippen LogP contribution in [0.1, 0.15) is 35.6 Å². The first-order valence-corrected chi connectivity index (χ1v) is 8.05. The van der Waals surface area contributed by atoms with Gasteiger partial charge in [-0.3, -0.25) is 4.79 Å². The van der Waals surface area contributed by atoms with Gasteiger partial charge in [0.25, 0.3) is 0 Å². The van der Waals surface area contributed by atoms with E-state index in [1.807, 2.05) is 13.8 Å². The number of carbonyl (C=O) groups excluding carboxylic acids is 1. The summed E-state index contributed by atoms with van der Waals surface area (Å²) < 4.78 is 32.8. The van der Waals surface area contributed by atoms with E-state index < -0.39 is 0 Å². The third-order valence-electron chi connectivity index (χ3n) is 4.02. The molecule has 4 heteroatoms. The van der Waals surface area contributed by atoms with Crippen molar-refractivity contribution < 1.29 is 18.3 Å². The molecule has 0 fully saturated rings. The Morgan fingerprint density at radius 2 is 1.62 bits per heavy atom. The molecule has 2 rings (SSSR count). The Kier molecular flexibility index (Phi) is 5.71. The number of rotatable bonds is 5. The Morgan fingerprint density at radius 3 is 2.21 bits per heavy atom. The summed E-state index contributed by atoms with van der Waals surface area (Å²) in [4.78, 5) is 11.5. The van der Waals surface area contributed by atoms with Crippen molar-refractivity contribution in [1.29, 1.82) is 0 Å². The van der Waals surface area contributed by atoms with Gasteiger partial charge >= 0.3 is 5.97 Å². The first-order valence-electron chi connectivity index (χ1n) is 8.05. The minimum Gasteiger partial charge on any atom is -0.466 e. The highest BCUT2D eigenvalue weighted by molar-refractivity contribution is 5.73. The van der Waals surface area contributed by atoms with Gasteiger partial charge < -0.3 is 4.74 Å². The zero-order valence-corrected chi connectivity index (χ0v) is 14.5. The van der Waals surface area contributed by atoms with Crippen LogP contribution in [-0.4, -0.2) is 12.6 Å². The van der Waals surface area contributed by atoms with Crippen molar-refractivity contribution in [3.8, 4) is 11.1 Å². The predicted octanol–water partition coefficient (Wildman–Crippen LogP) is 5.05. The number of benzene rings is 2. The van der Waals surface area contributed by atoms with Gasteiger partial charge in [0.1, 0.15) is 11.6 Å². The van der Waals surface area contributed by atoms with Gasteiger partial charge in [0.15, 0.2) is 0 Å². The van der Waals surface area contributed by atoms with Crippen LogP contribution in [0.5, 0.6) is 0 Å². The molecule has 0 bridgehead atoms. The van der Waals surface area contributed by atoms with E-state index in [0.29, 0.717) is 17.7 Å². The summed E-state index contributed by atoms with van der Waals surface area (Å²) in [5.41, 5.74) is 4.32. The molecule has 2 aromatic carbocycles. The number of esters is 1. The SMILES string of the molecule is CCOC(=O)CCc1cc(-c2c(C)cc(F)cc2C)cc(C)c1F. The van der Waals surface area contributed by atoms with Gasteiger partial charge in [0.05, 0.1) is 6.61 Å². The van der Waals surface area contributed by atoms with E-state index in [4.69, 9.17) is 4.74 Å². The Morgan fingerprint density at radius 1 is 1.00 bits per heavy atom. The average Bonchev–Trinajstić information content (AvgIpc) is 2.48. The van der Waals surface area contributed by atoms with Crippen molar-refractivity contribution in [2.75, 3.05) is 6.61 Å². The Bertz CT molecular complexity index is 743. The van der Waals surface area contributed by atoms with Crippen LogP contribution in [0.2, 0.25) is 0 Å². The van der Waals surface area contributed by atoms with Crippen molar-refractivity contribution in [3.63, 3.8) is 0 Å². The lowest BCUT2D eigenvalue weighted by molar-refractivity contribution is -0.143. The fourth-order valence-electron chi connectivity index (χ4n) is 3.00. The second-order valence-corrected chi connectivity index (χ2v) is 5.99. The quantitative estimate of drug-likeness (QED) is 0.716. The fourth-order valence-corrected chi connectivity index (χ4v) is 3.00. The summed E-state index contributed by atoms with van der Waals surface area (Å²) in [7, 11) is 0. The molecule has 0 N–H and O–H groups in total. The molecular formula is C20H22F2O2. The van der Waals surface area contributed by atoms with Crippen molar-refractivity contribution in [3.05, 3.63) is 58.2 Å². The highest BCUT2D eigenvalue weighted by Crippen LogP contribution is 2.31. The van der Waals surface area contributed by atoms with E-state index in [0.717, 1.165) is 22.3 Å². The zero-order chi connectivity index (χ0) is 17.9. The first kappa shape index (κ1) is 18.1. The Labute approximate surface area is 141 Å². The number of ether oxygens (including phenoxy) is 1. The maximum absolute atomic E-state index is 14.4. The average molecular weight is 332 g/mol. The highest BCUT2D eigenvalue weighted by atomic mass is 19.1. The molecule has 0 spiro atoms. The number of carbonyl (C=O) groups is 1. The molecule has 2 aromatic rings. The maximum Gasteiger partial charge on any atom is 0.306 e. The Balaban J connectivity index is 2.41. The smallest absolute Gasteiger partial charge is 0.306 e. The molecule has 0 aliphatic carbocycles. The Hall–Kier alpha value is -2.23. The molecule has 24 heavy (non-hydrogen) atoms. The number of hydrogen-bond donors (Lipinski definition) is 0. The van der Waals surface area contributed by atoms with Crippen LogP contribution in [0.3, 0.4) is 0 Å². The van der Waals surface area contributed by atoms with Gasteiger partial charge in [-0.05, 0) is 91.8 Å². The van der Waals surface area contributed by atoms with Crippen LogP contribution in [-0.2, 0) is 16.0 Å². The molecule has 128 valence electrons. The van der Waals surface area contributed by atoms with Crippen molar-refractivity contribution >= 4 is 5.97 Å². The summed E-state index contributed by atoms with van der Waals surface area (Å²) in [5.74, 6) is -0.926. The molecule has 2 nitrogen and oxygen atoms in total. The molecule has 0 aliphatic heterocycles. The van der Waals surface area contributed by atoms with Crippen molar-refractivity contribution in [2.24, 2.45) is 0 Å². The van der Waals surface area contributed by atoms with Gasteiger partial charge in [-0.25, -0.2) is 8.78 Å². The van der Waals surface area contributed by atoms with Crippen LogP contribution in [0.15, 0.2) is 24.3 Å². The molecule has 0 aliphatic rings. The van der Waals surface area contributed by atoms with Crippen LogP contribution in [0.4, 0.5) is 8.78 Å². The standard InChI is InChI=1S/C20H22F2O2/c1-5-24-18(23)7-6-15-11-16(8-14(4)20(15)22)19-12(2)9-17(21)10-13(19)3/h8-11H,5-7H2,1-4H3.